The Morgan fingerprint density at radius 3 is 2.14 bits per heavy atom. The van der Waals surface area contributed by atoms with Gasteiger partial charge in [0.25, 0.3) is 0 Å². The van der Waals surface area contributed by atoms with Crippen molar-refractivity contribution in [1.29, 1.82) is 0 Å². The van der Waals surface area contributed by atoms with Crippen LogP contribution in [-0.2, 0) is 0 Å². The Morgan fingerprint density at radius 2 is 1.49 bits per heavy atom. The zero-order valence-corrected chi connectivity index (χ0v) is 20.7. The molecule has 0 amide bonds. The van der Waals surface area contributed by atoms with E-state index in [1.54, 1.807) is 32.8 Å². The Kier molecular flexibility index (Phi) is 6.38. The molecule has 15 nitrogen and oxygen atoms in total. The number of hydrogen-bond donors (Lipinski definition) is 1. The quantitative estimate of drug-likeness (QED) is 0.228. The fourth-order valence-electron chi connectivity index (χ4n) is 3.20. The van der Waals surface area contributed by atoms with Crippen molar-refractivity contribution in [2.45, 2.75) is 13.8 Å². The Hall–Kier alpha value is -4.99. The molecule has 0 aliphatic carbocycles. The van der Waals surface area contributed by atoms with Gasteiger partial charge in [0.05, 0.1) is 11.2 Å². The van der Waals surface area contributed by atoms with Crippen molar-refractivity contribution in [3.63, 3.8) is 0 Å². The van der Waals surface area contributed by atoms with Gasteiger partial charge in [0.15, 0.2) is 28.1 Å². The van der Waals surface area contributed by atoms with Crippen molar-refractivity contribution in [3.8, 4) is 5.75 Å². The van der Waals surface area contributed by atoms with Gasteiger partial charge in [-0.3, -0.25) is 0 Å². The average Bonchev–Trinajstić information content (AvgIpc) is 3.61. The van der Waals surface area contributed by atoms with E-state index in [1.807, 2.05) is 24.3 Å². The number of aromatic hydroxyl groups is 1. The molecule has 0 bridgehead atoms. The number of phenolic OH excluding ortho intramolecular Hbond substituents is 1. The van der Waals surface area contributed by atoms with Gasteiger partial charge >= 0.3 is 12.0 Å². The van der Waals surface area contributed by atoms with E-state index >= 15 is 0 Å². The minimum absolute atomic E-state index is 0.0297. The van der Waals surface area contributed by atoms with Crippen LogP contribution in [0.4, 0.5) is 39.8 Å². The number of benzene rings is 2. The molecule has 0 spiro atoms. The van der Waals surface area contributed by atoms with Crippen molar-refractivity contribution >= 4 is 62.2 Å². The number of azo groups is 3. The van der Waals surface area contributed by atoms with Crippen LogP contribution in [0.3, 0.4) is 0 Å². The average molecular weight is 519 g/mol. The van der Waals surface area contributed by atoms with E-state index in [-0.39, 0.29) is 34.8 Å². The van der Waals surface area contributed by atoms with E-state index in [1.165, 1.54) is 17.6 Å². The number of nitrogens with zero attached hydrogens (tertiary/aromatic N) is 12. The van der Waals surface area contributed by atoms with Crippen molar-refractivity contribution in [2.24, 2.45) is 30.7 Å². The summed E-state index contributed by atoms with van der Waals surface area (Å²) < 4.78 is 14.4. The number of fused-ring (bicyclic) bond motifs is 1. The smallest absolute Gasteiger partial charge is 0.366 e. The lowest BCUT2D eigenvalue weighted by Crippen LogP contribution is -2.09. The number of phenols is 1. The molecule has 1 N–H and O–H groups in total. The van der Waals surface area contributed by atoms with E-state index in [2.05, 4.69) is 55.3 Å². The van der Waals surface area contributed by atoms with Crippen LogP contribution >= 0.6 is 11.5 Å². The molecule has 5 aromatic rings. The van der Waals surface area contributed by atoms with Gasteiger partial charge < -0.3 is 19.1 Å². The molecule has 3 heterocycles. The maximum atomic E-state index is 11.1. The lowest BCUT2D eigenvalue weighted by atomic mass is 10.1. The van der Waals surface area contributed by atoms with E-state index in [4.69, 9.17) is 9.05 Å². The number of anilines is 1. The first-order valence-corrected chi connectivity index (χ1v) is 11.4. The first-order valence-electron chi connectivity index (χ1n) is 10.7. The standard InChI is InChI=1S/C21H18N12O3S/c1-10-22-20(35-30-10)28-24-14-9-15(25-27-19-12-7-5-6-8-13(12)32-37-19)18(34)16(17(14)33(3)4)26-29-21-23-11(2)31-36-21/h5-9,34H,1-4H3/b27-25+,28-24+,29-26+. The summed E-state index contributed by atoms with van der Waals surface area (Å²) >= 11 is 1.18. The summed E-state index contributed by atoms with van der Waals surface area (Å²) in [6.45, 7) is 3.31. The van der Waals surface area contributed by atoms with Gasteiger partial charge in [0, 0.05) is 19.5 Å². The molecule has 16 heteroatoms. The predicted octanol–water partition coefficient (Wildman–Crippen LogP) is 6.70. The van der Waals surface area contributed by atoms with Gasteiger partial charge in [-0.1, -0.05) is 32.7 Å². The second-order valence-corrected chi connectivity index (χ2v) is 8.46. The number of hydrogen-bond acceptors (Lipinski definition) is 16. The van der Waals surface area contributed by atoms with Gasteiger partial charge in [-0.15, -0.1) is 20.5 Å². The van der Waals surface area contributed by atoms with Crippen molar-refractivity contribution < 1.29 is 14.2 Å². The Balaban J connectivity index is 1.63. The van der Waals surface area contributed by atoms with E-state index < -0.39 is 0 Å². The number of aryl methyl sites for hydroxylation is 2. The molecule has 0 aliphatic heterocycles. The van der Waals surface area contributed by atoms with Crippen molar-refractivity contribution in [3.05, 3.63) is 42.0 Å². The second kappa shape index (κ2) is 9.94. The normalized spacial score (nSPS) is 12.1. The monoisotopic (exact) mass is 518 g/mol. The molecule has 186 valence electrons. The molecule has 5 rings (SSSR count). The Labute approximate surface area is 212 Å². The maximum absolute atomic E-state index is 11.1. The Bertz CT molecular complexity index is 1670. The minimum Gasteiger partial charge on any atom is -0.504 e. The maximum Gasteiger partial charge on any atom is 0.366 e. The highest BCUT2D eigenvalue weighted by Crippen LogP contribution is 2.50. The third-order valence-electron chi connectivity index (χ3n) is 4.78. The first kappa shape index (κ1) is 23.7. The fourth-order valence-corrected chi connectivity index (χ4v) is 3.89. The highest BCUT2D eigenvalue weighted by Gasteiger charge is 2.21. The van der Waals surface area contributed by atoms with Gasteiger partial charge in [-0.2, -0.15) is 14.3 Å². The molecule has 37 heavy (non-hydrogen) atoms. The van der Waals surface area contributed by atoms with E-state index in [0.29, 0.717) is 22.3 Å². The summed E-state index contributed by atoms with van der Waals surface area (Å²) in [5.41, 5.74) is 1.54. The van der Waals surface area contributed by atoms with Gasteiger partial charge in [-0.05, 0) is 43.6 Å². The molecule has 0 radical (unpaired) electrons. The van der Waals surface area contributed by atoms with Gasteiger partial charge in [-0.25, -0.2) is 0 Å². The summed E-state index contributed by atoms with van der Waals surface area (Å²) in [4.78, 5) is 9.70. The lowest BCUT2D eigenvalue weighted by molar-refractivity contribution is 0.420. The third-order valence-corrected chi connectivity index (χ3v) is 5.54. The summed E-state index contributed by atoms with van der Waals surface area (Å²) in [5.74, 6) is 0.492. The highest BCUT2D eigenvalue weighted by atomic mass is 32.1. The lowest BCUT2D eigenvalue weighted by Gasteiger charge is -2.18. The van der Waals surface area contributed by atoms with Crippen LogP contribution in [0.2, 0.25) is 0 Å². The fraction of sp³-hybridized carbons (Fsp3) is 0.190. The minimum atomic E-state index is -0.297. The topological polar surface area (TPSA) is 188 Å². The van der Waals surface area contributed by atoms with Crippen molar-refractivity contribution in [2.75, 3.05) is 19.0 Å². The second-order valence-electron chi connectivity index (χ2n) is 7.71. The molecule has 3 aromatic heterocycles. The summed E-state index contributed by atoms with van der Waals surface area (Å²) in [5, 5.41) is 44.8. The largest absolute Gasteiger partial charge is 0.504 e. The van der Waals surface area contributed by atoms with Crippen LogP contribution in [0.25, 0.3) is 10.9 Å². The third kappa shape index (κ3) is 5.03. The molecule has 0 unspecified atom stereocenters. The van der Waals surface area contributed by atoms with Crippen LogP contribution in [-0.4, -0.2) is 43.9 Å². The molecule has 0 aliphatic rings. The summed E-state index contributed by atoms with van der Waals surface area (Å²) in [6, 6.07) is 8.91. The van der Waals surface area contributed by atoms with E-state index in [9.17, 15) is 5.11 Å². The summed E-state index contributed by atoms with van der Waals surface area (Å²) in [7, 11) is 3.48. The summed E-state index contributed by atoms with van der Waals surface area (Å²) in [6.07, 6.45) is 0. The van der Waals surface area contributed by atoms with Crippen molar-refractivity contribution in [1.82, 2.24) is 24.7 Å². The first-order chi connectivity index (χ1) is 17.9. The highest BCUT2D eigenvalue weighted by molar-refractivity contribution is 7.11. The van der Waals surface area contributed by atoms with Gasteiger partial charge in [0.2, 0.25) is 0 Å². The van der Waals surface area contributed by atoms with Crippen LogP contribution < -0.4 is 4.90 Å². The molecule has 0 saturated heterocycles. The molecular weight excluding hydrogens is 500 g/mol. The van der Waals surface area contributed by atoms with E-state index in [0.717, 1.165) is 10.9 Å². The SMILES string of the molecule is Cc1noc(/N=N/c2cc(/N=N/c3snc4ccccc34)c(O)c(/N=N/c3nc(C)no3)c2N(C)C)n1. The molecule has 0 atom stereocenters. The van der Waals surface area contributed by atoms with Crippen LogP contribution in [0.1, 0.15) is 11.6 Å². The molecule has 0 fully saturated rings. The molecule has 2 aromatic carbocycles. The zero-order valence-electron chi connectivity index (χ0n) is 19.9. The zero-order chi connectivity index (χ0) is 25.9. The van der Waals surface area contributed by atoms with Crippen LogP contribution in [0.5, 0.6) is 5.75 Å². The molecular formula is C21H18N12O3S. The van der Waals surface area contributed by atoms with Gasteiger partial charge in [0.1, 0.15) is 11.4 Å². The predicted molar refractivity (Wildman–Crippen MR) is 133 cm³/mol. The van der Waals surface area contributed by atoms with Crippen LogP contribution in [0, 0.1) is 13.8 Å². The molecule has 0 saturated carbocycles. The van der Waals surface area contributed by atoms with Crippen LogP contribution in [0.15, 0.2) is 70.1 Å². The number of aromatic nitrogens is 5. The Morgan fingerprint density at radius 1 is 0.838 bits per heavy atom. The number of rotatable bonds is 7.